The van der Waals surface area contributed by atoms with Crippen LogP contribution < -0.4 is 9.47 Å². The summed E-state index contributed by atoms with van der Waals surface area (Å²) in [5.74, 6) is -0.646. The SMILES string of the molecule is COc1ccc(-c2noc(C(=O)CC(=O)O)c2-c2ccc(OC)cc2)cc1. The molecule has 0 radical (unpaired) electrons. The van der Waals surface area contributed by atoms with Gasteiger partial charge < -0.3 is 19.1 Å². The summed E-state index contributed by atoms with van der Waals surface area (Å²) in [7, 11) is 3.12. The topological polar surface area (TPSA) is 98.9 Å². The third-order valence-electron chi connectivity index (χ3n) is 4.00. The monoisotopic (exact) mass is 367 g/mol. The second kappa shape index (κ2) is 7.74. The lowest BCUT2D eigenvalue weighted by molar-refractivity contribution is -0.135. The maximum Gasteiger partial charge on any atom is 0.311 e. The van der Waals surface area contributed by atoms with Crippen LogP contribution in [0.25, 0.3) is 22.4 Å². The van der Waals surface area contributed by atoms with Gasteiger partial charge in [-0.25, -0.2) is 0 Å². The Kier molecular flexibility index (Phi) is 5.21. The van der Waals surface area contributed by atoms with Gasteiger partial charge in [0.05, 0.1) is 19.8 Å². The molecule has 2 aromatic carbocycles. The summed E-state index contributed by atoms with van der Waals surface area (Å²) in [5, 5.41) is 13.0. The van der Waals surface area contributed by atoms with Gasteiger partial charge in [0.25, 0.3) is 0 Å². The number of carbonyl (C=O) groups excluding carboxylic acids is 1. The van der Waals surface area contributed by atoms with Crippen LogP contribution in [0.2, 0.25) is 0 Å². The van der Waals surface area contributed by atoms with E-state index in [9.17, 15) is 9.59 Å². The molecule has 0 atom stereocenters. The first-order valence-electron chi connectivity index (χ1n) is 8.07. The van der Waals surface area contributed by atoms with E-state index >= 15 is 0 Å². The Balaban J connectivity index is 2.13. The molecule has 0 spiro atoms. The highest BCUT2D eigenvalue weighted by Crippen LogP contribution is 2.36. The van der Waals surface area contributed by atoms with E-state index in [1.807, 2.05) is 0 Å². The molecule has 1 heterocycles. The molecule has 0 aliphatic carbocycles. The van der Waals surface area contributed by atoms with E-state index in [1.165, 1.54) is 0 Å². The number of hydrogen-bond donors (Lipinski definition) is 1. The molecule has 138 valence electrons. The van der Waals surface area contributed by atoms with Crippen molar-refractivity contribution in [3.05, 3.63) is 54.3 Å². The van der Waals surface area contributed by atoms with E-state index in [-0.39, 0.29) is 5.76 Å². The van der Waals surface area contributed by atoms with Gasteiger partial charge in [-0.3, -0.25) is 9.59 Å². The summed E-state index contributed by atoms with van der Waals surface area (Å²) in [6.45, 7) is 0. The smallest absolute Gasteiger partial charge is 0.311 e. The highest BCUT2D eigenvalue weighted by Gasteiger charge is 2.26. The Labute approximate surface area is 155 Å². The van der Waals surface area contributed by atoms with Crippen molar-refractivity contribution in [3.63, 3.8) is 0 Å². The largest absolute Gasteiger partial charge is 0.497 e. The molecule has 0 fully saturated rings. The van der Waals surface area contributed by atoms with Gasteiger partial charge in [-0.15, -0.1) is 0 Å². The molecule has 0 aliphatic heterocycles. The number of nitrogens with zero attached hydrogens (tertiary/aromatic N) is 1. The second-order valence-electron chi connectivity index (χ2n) is 5.69. The van der Waals surface area contributed by atoms with Crippen molar-refractivity contribution in [1.82, 2.24) is 5.16 Å². The number of ketones is 1. The predicted octanol–water partition coefficient (Wildman–Crippen LogP) is 3.68. The van der Waals surface area contributed by atoms with Crippen LogP contribution >= 0.6 is 0 Å². The molecule has 7 nitrogen and oxygen atoms in total. The number of methoxy groups -OCH3 is 2. The lowest BCUT2D eigenvalue weighted by Gasteiger charge is -2.06. The summed E-state index contributed by atoms with van der Waals surface area (Å²) in [5.41, 5.74) is 2.25. The molecule has 3 rings (SSSR count). The van der Waals surface area contributed by atoms with E-state index in [0.29, 0.717) is 33.9 Å². The molecule has 0 unspecified atom stereocenters. The standard InChI is InChI=1S/C20H17NO6/c1-25-14-7-3-12(4-8-14)18-19(13-5-9-15(26-2)10-6-13)21-27-20(18)16(22)11-17(23)24/h3-10H,11H2,1-2H3,(H,23,24). The Morgan fingerprint density at radius 3 is 1.93 bits per heavy atom. The Morgan fingerprint density at radius 1 is 0.926 bits per heavy atom. The van der Waals surface area contributed by atoms with Crippen molar-refractivity contribution in [2.24, 2.45) is 0 Å². The van der Waals surface area contributed by atoms with Crippen LogP contribution in [0.4, 0.5) is 0 Å². The third kappa shape index (κ3) is 3.82. The Morgan fingerprint density at radius 2 is 1.44 bits per heavy atom. The van der Waals surface area contributed by atoms with E-state index in [1.54, 1.807) is 62.8 Å². The number of aromatic nitrogens is 1. The first-order valence-corrected chi connectivity index (χ1v) is 8.07. The van der Waals surface area contributed by atoms with Gasteiger partial charge >= 0.3 is 5.97 Å². The van der Waals surface area contributed by atoms with Gasteiger partial charge in [-0.2, -0.15) is 0 Å². The van der Waals surface area contributed by atoms with Gasteiger partial charge in [0, 0.05) is 5.56 Å². The summed E-state index contributed by atoms with van der Waals surface area (Å²) in [4.78, 5) is 23.3. The molecule has 1 N–H and O–H groups in total. The van der Waals surface area contributed by atoms with Crippen LogP contribution in [-0.4, -0.2) is 36.2 Å². The van der Waals surface area contributed by atoms with Crippen molar-refractivity contribution in [2.45, 2.75) is 6.42 Å². The summed E-state index contributed by atoms with van der Waals surface area (Å²) in [6, 6.07) is 14.1. The zero-order valence-corrected chi connectivity index (χ0v) is 14.8. The summed E-state index contributed by atoms with van der Waals surface area (Å²) in [6.07, 6.45) is -0.680. The fourth-order valence-electron chi connectivity index (χ4n) is 2.67. The number of carboxylic acids is 1. The summed E-state index contributed by atoms with van der Waals surface area (Å²) < 4.78 is 15.6. The van der Waals surface area contributed by atoms with Crippen molar-refractivity contribution < 1.29 is 28.7 Å². The van der Waals surface area contributed by atoms with Gasteiger partial charge in [-0.1, -0.05) is 17.3 Å². The third-order valence-corrected chi connectivity index (χ3v) is 4.00. The van der Waals surface area contributed by atoms with E-state index < -0.39 is 18.2 Å². The number of carboxylic acid groups (broad SMARTS) is 1. The van der Waals surface area contributed by atoms with Gasteiger partial charge in [-0.05, 0) is 42.0 Å². The average Bonchev–Trinajstić information content (AvgIpc) is 3.13. The number of rotatable bonds is 7. The lowest BCUT2D eigenvalue weighted by Crippen LogP contribution is -2.07. The zero-order chi connectivity index (χ0) is 19.4. The second-order valence-corrected chi connectivity index (χ2v) is 5.69. The normalized spacial score (nSPS) is 10.4. The fraction of sp³-hybridized carbons (Fsp3) is 0.150. The first-order chi connectivity index (χ1) is 13.0. The van der Waals surface area contributed by atoms with Crippen molar-refractivity contribution >= 4 is 11.8 Å². The van der Waals surface area contributed by atoms with Crippen LogP contribution in [0.1, 0.15) is 17.0 Å². The number of ether oxygens (including phenoxy) is 2. The Hall–Kier alpha value is -3.61. The van der Waals surface area contributed by atoms with Crippen LogP contribution in [0, 0.1) is 0 Å². The molecular formula is C20H17NO6. The number of aliphatic carboxylic acids is 1. The summed E-state index contributed by atoms with van der Waals surface area (Å²) >= 11 is 0. The highest BCUT2D eigenvalue weighted by atomic mass is 16.5. The maximum atomic E-state index is 12.4. The van der Waals surface area contributed by atoms with Gasteiger partial charge in [0.1, 0.15) is 23.6 Å². The molecule has 7 heteroatoms. The van der Waals surface area contributed by atoms with E-state index in [2.05, 4.69) is 5.16 Å². The minimum absolute atomic E-state index is 0.0895. The number of hydrogen-bond acceptors (Lipinski definition) is 6. The predicted molar refractivity (Wildman–Crippen MR) is 97.1 cm³/mol. The van der Waals surface area contributed by atoms with E-state index in [4.69, 9.17) is 19.1 Å². The quantitative estimate of drug-likeness (QED) is 0.502. The van der Waals surface area contributed by atoms with Crippen LogP contribution in [0.15, 0.2) is 53.1 Å². The van der Waals surface area contributed by atoms with Crippen LogP contribution in [-0.2, 0) is 4.79 Å². The molecule has 0 amide bonds. The molecule has 0 bridgehead atoms. The number of carbonyl (C=O) groups is 2. The fourth-order valence-corrected chi connectivity index (χ4v) is 2.67. The zero-order valence-electron chi connectivity index (χ0n) is 14.8. The molecule has 0 aliphatic rings. The minimum Gasteiger partial charge on any atom is -0.497 e. The lowest BCUT2D eigenvalue weighted by atomic mass is 9.97. The van der Waals surface area contributed by atoms with Crippen molar-refractivity contribution in [1.29, 1.82) is 0 Å². The average molecular weight is 367 g/mol. The molecule has 1 aromatic heterocycles. The van der Waals surface area contributed by atoms with Gasteiger partial charge in [0.15, 0.2) is 0 Å². The van der Waals surface area contributed by atoms with Crippen LogP contribution in [0.3, 0.4) is 0 Å². The van der Waals surface area contributed by atoms with E-state index in [0.717, 1.165) is 0 Å². The first kappa shape index (κ1) is 18.2. The minimum atomic E-state index is -1.23. The molecular weight excluding hydrogens is 350 g/mol. The number of Topliss-reactive ketones (excluding diaryl/α,β-unsaturated/α-hetero) is 1. The molecule has 3 aromatic rings. The Bertz CT molecular complexity index is 957. The number of benzene rings is 2. The van der Waals surface area contributed by atoms with Crippen molar-refractivity contribution in [3.8, 4) is 33.9 Å². The van der Waals surface area contributed by atoms with Crippen molar-refractivity contribution in [2.75, 3.05) is 14.2 Å². The highest BCUT2D eigenvalue weighted by molar-refractivity contribution is 6.09. The van der Waals surface area contributed by atoms with Crippen LogP contribution in [0.5, 0.6) is 11.5 Å². The van der Waals surface area contributed by atoms with Gasteiger partial charge in [0.2, 0.25) is 11.5 Å². The molecule has 27 heavy (non-hydrogen) atoms. The molecule has 0 saturated heterocycles. The molecule has 0 saturated carbocycles. The maximum absolute atomic E-state index is 12.4.